The van der Waals surface area contributed by atoms with Crippen LogP contribution in [-0.4, -0.2) is 15.9 Å². The summed E-state index contributed by atoms with van der Waals surface area (Å²) in [5.74, 6) is 1.18. The number of fused-ring (bicyclic) bond motifs is 1. The van der Waals surface area contributed by atoms with Gasteiger partial charge in [-0.05, 0) is 43.2 Å². The Bertz CT molecular complexity index is 1140. The van der Waals surface area contributed by atoms with Crippen LogP contribution in [0.3, 0.4) is 0 Å². The fourth-order valence-electron chi connectivity index (χ4n) is 3.09. The molecule has 1 amide bonds. The zero-order valence-electron chi connectivity index (χ0n) is 15.9. The molecule has 0 radical (unpaired) electrons. The first-order valence-electron chi connectivity index (χ1n) is 9.26. The third-order valence-corrected chi connectivity index (χ3v) is 4.82. The first-order valence-corrected chi connectivity index (χ1v) is 9.26. The van der Waals surface area contributed by atoms with Crippen molar-refractivity contribution in [2.75, 3.05) is 5.32 Å². The summed E-state index contributed by atoms with van der Waals surface area (Å²) in [7, 11) is 0. The van der Waals surface area contributed by atoms with Crippen molar-refractivity contribution in [1.82, 2.24) is 9.97 Å². The predicted molar refractivity (Wildman–Crippen MR) is 110 cm³/mol. The Labute approximate surface area is 163 Å². The van der Waals surface area contributed by atoms with Crippen molar-refractivity contribution in [3.63, 3.8) is 0 Å². The fourth-order valence-corrected chi connectivity index (χ4v) is 3.09. The SMILES string of the molecule is Cc1ccc(-c2cnc(CCC(=O)Nc3cccc4cccnc34)o2)cc1C. The molecule has 28 heavy (non-hydrogen) atoms. The van der Waals surface area contributed by atoms with Crippen LogP contribution in [0.4, 0.5) is 5.69 Å². The minimum absolute atomic E-state index is 0.0934. The molecular weight excluding hydrogens is 350 g/mol. The Kier molecular flexibility index (Phi) is 4.89. The number of aromatic nitrogens is 2. The predicted octanol–water partition coefficient (Wildman–Crippen LogP) is 5.08. The van der Waals surface area contributed by atoms with Gasteiger partial charge in [0.2, 0.25) is 5.91 Å². The summed E-state index contributed by atoms with van der Waals surface area (Å²) >= 11 is 0. The van der Waals surface area contributed by atoms with Crippen molar-refractivity contribution < 1.29 is 9.21 Å². The van der Waals surface area contributed by atoms with Gasteiger partial charge in [0, 0.05) is 30.0 Å². The molecule has 0 bridgehead atoms. The molecule has 5 nitrogen and oxygen atoms in total. The molecule has 4 rings (SSSR count). The molecule has 2 aromatic carbocycles. The summed E-state index contributed by atoms with van der Waals surface area (Å²) in [5.41, 5.74) is 4.94. The number of benzene rings is 2. The maximum absolute atomic E-state index is 12.4. The van der Waals surface area contributed by atoms with Crippen LogP contribution >= 0.6 is 0 Å². The smallest absolute Gasteiger partial charge is 0.224 e. The topological polar surface area (TPSA) is 68.0 Å². The van der Waals surface area contributed by atoms with Crippen molar-refractivity contribution in [3.8, 4) is 11.3 Å². The minimum Gasteiger partial charge on any atom is -0.441 e. The molecular formula is C23H21N3O2. The van der Waals surface area contributed by atoms with Gasteiger partial charge in [-0.15, -0.1) is 0 Å². The number of hydrogen-bond acceptors (Lipinski definition) is 4. The van der Waals surface area contributed by atoms with Crippen molar-refractivity contribution in [2.45, 2.75) is 26.7 Å². The number of pyridine rings is 1. The lowest BCUT2D eigenvalue weighted by Gasteiger charge is -2.07. The van der Waals surface area contributed by atoms with Gasteiger partial charge in [0.1, 0.15) is 0 Å². The molecule has 0 atom stereocenters. The van der Waals surface area contributed by atoms with E-state index in [9.17, 15) is 4.79 Å². The van der Waals surface area contributed by atoms with Gasteiger partial charge in [-0.3, -0.25) is 9.78 Å². The number of amides is 1. The van der Waals surface area contributed by atoms with E-state index >= 15 is 0 Å². The summed E-state index contributed by atoms with van der Waals surface area (Å²) in [5, 5.41) is 3.93. The Hall–Kier alpha value is -3.47. The molecule has 1 N–H and O–H groups in total. The van der Waals surface area contributed by atoms with Gasteiger partial charge in [-0.2, -0.15) is 0 Å². The van der Waals surface area contributed by atoms with Crippen molar-refractivity contribution in [1.29, 1.82) is 0 Å². The number of nitrogens with one attached hydrogen (secondary N) is 1. The zero-order valence-corrected chi connectivity index (χ0v) is 15.9. The highest BCUT2D eigenvalue weighted by atomic mass is 16.4. The van der Waals surface area contributed by atoms with E-state index in [1.54, 1.807) is 12.4 Å². The number of anilines is 1. The summed E-state index contributed by atoms with van der Waals surface area (Å²) in [4.78, 5) is 21.1. The average Bonchev–Trinajstić information content (AvgIpc) is 3.18. The number of hydrogen-bond donors (Lipinski definition) is 1. The highest BCUT2D eigenvalue weighted by Gasteiger charge is 2.11. The van der Waals surface area contributed by atoms with E-state index in [4.69, 9.17) is 4.42 Å². The number of rotatable bonds is 5. The maximum Gasteiger partial charge on any atom is 0.224 e. The quantitative estimate of drug-likeness (QED) is 0.531. The van der Waals surface area contributed by atoms with E-state index in [0.717, 1.165) is 22.2 Å². The first kappa shape index (κ1) is 17.9. The number of nitrogens with zero attached hydrogens (tertiary/aromatic N) is 2. The molecule has 0 unspecified atom stereocenters. The largest absolute Gasteiger partial charge is 0.441 e. The number of oxazole rings is 1. The highest BCUT2D eigenvalue weighted by Crippen LogP contribution is 2.24. The van der Waals surface area contributed by atoms with Crippen LogP contribution in [0.25, 0.3) is 22.2 Å². The van der Waals surface area contributed by atoms with E-state index in [0.29, 0.717) is 18.0 Å². The van der Waals surface area contributed by atoms with E-state index in [1.165, 1.54) is 11.1 Å². The number of aryl methyl sites for hydroxylation is 3. The summed E-state index contributed by atoms with van der Waals surface area (Å²) < 4.78 is 5.83. The summed E-state index contributed by atoms with van der Waals surface area (Å²) in [6.07, 6.45) is 4.16. The second-order valence-electron chi connectivity index (χ2n) is 6.85. The lowest BCUT2D eigenvalue weighted by Crippen LogP contribution is -2.12. The van der Waals surface area contributed by atoms with Crippen LogP contribution < -0.4 is 5.32 Å². The van der Waals surface area contributed by atoms with Gasteiger partial charge in [0.05, 0.1) is 17.4 Å². The van der Waals surface area contributed by atoms with E-state index in [2.05, 4.69) is 41.3 Å². The Morgan fingerprint density at radius 2 is 1.89 bits per heavy atom. The van der Waals surface area contributed by atoms with Crippen LogP contribution in [0.15, 0.2) is 65.3 Å². The lowest BCUT2D eigenvalue weighted by atomic mass is 10.1. The van der Waals surface area contributed by atoms with Gasteiger partial charge in [0.25, 0.3) is 0 Å². The molecule has 0 spiro atoms. The molecule has 2 heterocycles. The third kappa shape index (κ3) is 3.78. The van der Waals surface area contributed by atoms with Gasteiger partial charge < -0.3 is 9.73 Å². The van der Waals surface area contributed by atoms with E-state index in [-0.39, 0.29) is 12.3 Å². The van der Waals surface area contributed by atoms with Gasteiger partial charge in [0.15, 0.2) is 11.7 Å². The Morgan fingerprint density at radius 3 is 2.75 bits per heavy atom. The van der Waals surface area contributed by atoms with Gasteiger partial charge in [-0.25, -0.2) is 4.98 Å². The molecule has 0 saturated heterocycles. The van der Waals surface area contributed by atoms with Crippen LogP contribution in [0.5, 0.6) is 0 Å². The second kappa shape index (κ2) is 7.64. The van der Waals surface area contributed by atoms with Crippen LogP contribution in [0, 0.1) is 13.8 Å². The van der Waals surface area contributed by atoms with E-state index in [1.807, 2.05) is 36.4 Å². The number of carbonyl (C=O) groups is 1. The van der Waals surface area contributed by atoms with Crippen molar-refractivity contribution in [2.24, 2.45) is 0 Å². The van der Waals surface area contributed by atoms with Crippen molar-refractivity contribution >= 4 is 22.5 Å². The zero-order chi connectivity index (χ0) is 19.5. The van der Waals surface area contributed by atoms with Crippen LogP contribution in [0.1, 0.15) is 23.4 Å². The highest BCUT2D eigenvalue weighted by molar-refractivity contribution is 6.00. The molecule has 5 heteroatoms. The van der Waals surface area contributed by atoms with Crippen LogP contribution in [0.2, 0.25) is 0 Å². The fraction of sp³-hybridized carbons (Fsp3) is 0.174. The molecule has 2 aromatic heterocycles. The number of para-hydroxylation sites is 1. The van der Waals surface area contributed by atoms with Gasteiger partial charge >= 0.3 is 0 Å². The van der Waals surface area contributed by atoms with Crippen LogP contribution in [-0.2, 0) is 11.2 Å². The Balaban J connectivity index is 1.41. The van der Waals surface area contributed by atoms with E-state index < -0.39 is 0 Å². The summed E-state index contributed by atoms with van der Waals surface area (Å²) in [6, 6.07) is 15.8. The third-order valence-electron chi connectivity index (χ3n) is 4.82. The van der Waals surface area contributed by atoms with Crippen molar-refractivity contribution in [3.05, 3.63) is 77.9 Å². The molecule has 140 valence electrons. The number of carbonyl (C=O) groups excluding carboxylic acids is 1. The monoisotopic (exact) mass is 371 g/mol. The second-order valence-corrected chi connectivity index (χ2v) is 6.85. The standard InChI is InChI=1S/C23H21N3O2/c1-15-8-9-18(13-16(15)2)20-14-25-22(28-20)11-10-21(27)26-19-7-3-5-17-6-4-12-24-23(17)19/h3-9,12-14H,10-11H2,1-2H3,(H,26,27). The maximum atomic E-state index is 12.4. The minimum atomic E-state index is -0.0934. The molecule has 4 aromatic rings. The average molecular weight is 371 g/mol. The molecule has 0 fully saturated rings. The lowest BCUT2D eigenvalue weighted by molar-refractivity contribution is -0.116. The molecule has 0 aliphatic heterocycles. The first-order chi connectivity index (χ1) is 13.6. The molecule has 0 aliphatic carbocycles. The molecule has 0 aliphatic rings. The summed E-state index contributed by atoms with van der Waals surface area (Å²) in [6.45, 7) is 4.15. The normalized spacial score (nSPS) is 10.9. The van der Waals surface area contributed by atoms with Gasteiger partial charge in [-0.1, -0.05) is 30.3 Å². The Morgan fingerprint density at radius 1 is 1.04 bits per heavy atom. The molecule has 0 saturated carbocycles.